The Morgan fingerprint density at radius 1 is 1.47 bits per heavy atom. The van der Waals surface area contributed by atoms with Gasteiger partial charge in [0.05, 0.1) is 5.75 Å². The zero-order valence-electron chi connectivity index (χ0n) is 10.3. The van der Waals surface area contributed by atoms with E-state index in [1.165, 1.54) is 17.8 Å². The fraction of sp³-hybridized carbons (Fsp3) is 0.308. The Kier molecular flexibility index (Phi) is 4.31. The number of hydrogen-bond donors (Lipinski definition) is 1. The number of sulfonamides is 1. The summed E-state index contributed by atoms with van der Waals surface area (Å²) in [6.07, 6.45) is 2.17. The van der Waals surface area contributed by atoms with Gasteiger partial charge in [0.25, 0.3) is 5.91 Å². The van der Waals surface area contributed by atoms with Crippen molar-refractivity contribution in [3.05, 3.63) is 48.0 Å². The molecule has 1 aliphatic heterocycles. The largest absolute Gasteiger partial charge is 0.272 e. The summed E-state index contributed by atoms with van der Waals surface area (Å²) in [4.78, 5) is 12.1. The van der Waals surface area contributed by atoms with Gasteiger partial charge in [-0.1, -0.05) is 30.3 Å². The van der Waals surface area contributed by atoms with Crippen LogP contribution in [0.4, 0.5) is 0 Å². The van der Waals surface area contributed by atoms with E-state index < -0.39 is 21.2 Å². The Hall–Kier alpha value is -1.27. The number of aryl methyl sites for hydroxylation is 1. The molecule has 102 valence electrons. The highest BCUT2D eigenvalue weighted by Crippen LogP contribution is 2.36. The first-order valence-electron chi connectivity index (χ1n) is 5.88. The minimum Gasteiger partial charge on any atom is -0.272 e. The first kappa shape index (κ1) is 14.1. The van der Waals surface area contributed by atoms with Gasteiger partial charge < -0.3 is 0 Å². The Balaban J connectivity index is 2.20. The normalized spacial score (nSPS) is 18.4. The van der Waals surface area contributed by atoms with Crippen LogP contribution >= 0.6 is 11.8 Å². The third kappa shape index (κ3) is 3.39. The van der Waals surface area contributed by atoms with Crippen molar-refractivity contribution < 1.29 is 13.2 Å². The molecule has 1 aromatic rings. The van der Waals surface area contributed by atoms with Crippen molar-refractivity contribution in [2.75, 3.05) is 11.5 Å². The molecule has 0 spiro atoms. The first-order chi connectivity index (χ1) is 9.03. The molecular weight excluding hydrogens is 282 g/mol. The predicted molar refractivity (Wildman–Crippen MR) is 77.5 cm³/mol. The number of benzene rings is 1. The molecular formula is C13H15NO3S2. The average molecular weight is 297 g/mol. The van der Waals surface area contributed by atoms with Crippen LogP contribution in [-0.4, -0.2) is 25.8 Å². The Morgan fingerprint density at radius 2 is 2.21 bits per heavy atom. The van der Waals surface area contributed by atoms with Crippen molar-refractivity contribution in [1.29, 1.82) is 0 Å². The van der Waals surface area contributed by atoms with E-state index in [9.17, 15) is 13.2 Å². The molecule has 1 atom stereocenters. The van der Waals surface area contributed by atoms with Crippen molar-refractivity contribution in [1.82, 2.24) is 4.72 Å². The van der Waals surface area contributed by atoms with Crippen LogP contribution < -0.4 is 4.72 Å². The van der Waals surface area contributed by atoms with Gasteiger partial charge >= 0.3 is 0 Å². The topological polar surface area (TPSA) is 63.2 Å². The molecule has 4 nitrogen and oxygen atoms in total. The fourth-order valence-electron chi connectivity index (χ4n) is 2.01. The molecule has 19 heavy (non-hydrogen) atoms. The summed E-state index contributed by atoms with van der Waals surface area (Å²) < 4.78 is 25.3. The number of thioether (sulfide) groups is 1. The molecule has 2 rings (SSSR count). The van der Waals surface area contributed by atoms with Gasteiger partial charge in [-0.25, -0.2) is 8.42 Å². The summed E-state index contributed by atoms with van der Waals surface area (Å²) in [6.45, 7) is 3.37. The number of fused-ring (bicyclic) bond motifs is 1. The summed E-state index contributed by atoms with van der Waals surface area (Å²) in [7, 11) is -3.61. The molecule has 0 unspecified atom stereocenters. The van der Waals surface area contributed by atoms with Gasteiger partial charge in [0.15, 0.2) is 0 Å². The van der Waals surface area contributed by atoms with E-state index in [0.717, 1.165) is 23.3 Å². The fourth-order valence-corrected chi connectivity index (χ4v) is 4.10. The molecule has 1 amide bonds. The second-order valence-corrected chi connectivity index (χ2v) is 7.22. The lowest BCUT2D eigenvalue weighted by atomic mass is 10.0. The lowest BCUT2D eigenvalue weighted by molar-refractivity contribution is -0.118. The number of nitrogens with one attached hydrogen (secondary N) is 1. The Morgan fingerprint density at radius 3 is 2.95 bits per heavy atom. The van der Waals surface area contributed by atoms with Crippen molar-refractivity contribution in [2.24, 2.45) is 0 Å². The van der Waals surface area contributed by atoms with Gasteiger partial charge in [0.2, 0.25) is 10.0 Å². The van der Waals surface area contributed by atoms with Crippen LogP contribution in [0, 0.1) is 0 Å². The van der Waals surface area contributed by atoms with Crippen LogP contribution in [0.1, 0.15) is 16.4 Å². The summed E-state index contributed by atoms with van der Waals surface area (Å²) in [5.41, 5.74) is 2.02. The highest BCUT2D eigenvalue weighted by molar-refractivity contribution is 8.00. The monoisotopic (exact) mass is 297 g/mol. The molecule has 0 aliphatic carbocycles. The molecule has 0 aromatic heterocycles. The van der Waals surface area contributed by atoms with Gasteiger partial charge in [-0.2, -0.15) is 0 Å². The maximum Gasteiger partial charge on any atom is 0.251 e. The number of carbonyl (C=O) groups excluding carboxylic acids is 1. The summed E-state index contributed by atoms with van der Waals surface area (Å²) >= 11 is 1.47. The van der Waals surface area contributed by atoms with Crippen molar-refractivity contribution >= 4 is 27.7 Å². The van der Waals surface area contributed by atoms with E-state index in [-0.39, 0.29) is 5.75 Å². The number of carbonyl (C=O) groups is 1. The van der Waals surface area contributed by atoms with E-state index in [0.29, 0.717) is 0 Å². The Bertz CT molecular complexity index is 596. The third-order valence-electron chi connectivity index (χ3n) is 2.82. The third-order valence-corrected chi connectivity index (χ3v) is 5.25. The van der Waals surface area contributed by atoms with Crippen LogP contribution in [0.2, 0.25) is 0 Å². The molecule has 0 saturated heterocycles. The molecule has 0 saturated carbocycles. The quantitative estimate of drug-likeness (QED) is 0.858. The maximum absolute atomic E-state index is 12.1. The second kappa shape index (κ2) is 5.79. The number of rotatable bonds is 4. The van der Waals surface area contributed by atoms with E-state index in [1.807, 2.05) is 24.3 Å². The molecule has 0 bridgehead atoms. The zero-order chi connectivity index (χ0) is 13.9. The van der Waals surface area contributed by atoms with Gasteiger partial charge in [0.1, 0.15) is 5.25 Å². The lowest BCUT2D eigenvalue weighted by Crippen LogP contribution is -2.36. The van der Waals surface area contributed by atoms with Gasteiger partial charge in [-0.3, -0.25) is 9.52 Å². The first-order valence-corrected chi connectivity index (χ1v) is 8.58. The van der Waals surface area contributed by atoms with E-state index in [2.05, 4.69) is 11.3 Å². The zero-order valence-corrected chi connectivity index (χ0v) is 12.0. The van der Waals surface area contributed by atoms with E-state index >= 15 is 0 Å². The SMILES string of the molecule is C=CCS(=O)(=O)NC(=O)[C@H]1SCCc2ccccc21. The highest BCUT2D eigenvalue weighted by atomic mass is 32.2. The van der Waals surface area contributed by atoms with Crippen molar-refractivity contribution in [2.45, 2.75) is 11.7 Å². The van der Waals surface area contributed by atoms with E-state index in [4.69, 9.17) is 0 Å². The molecule has 1 heterocycles. The minimum atomic E-state index is -3.61. The van der Waals surface area contributed by atoms with Crippen molar-refractivity contribution in [3.63, 3.8) is 0 Å². The van der Waals surface area contributed by atoms with Crippen molar-refractivity contribution in [3.8, 4) is 0 Å². The smallest absolute Gasteiger partial charge is 0.251 e. The lowest BCUT2D eigenvalue weighted by Gasteiger charge is -2.23. The van der Waals surface area contributed by atoms with Gasteiger partial charge in [-0.15, -0.1) is 18.3 Å². The summed E-state index contributed by atoms with van der Waals surface area (Å²) in [5, 5.41) is -0.454. The van der Waals surface area contributed by atoms with Crippen LogP contribution in [0.15, 0.2) is 36.9 Å². The van der Waals surface area contributed by atoms with Crippen LogP contribution in [0.5, 0.6) is 0 Å². The maximum atomic E-state index is 12.1. The summed E-state index contributed by atoms with van der Waals surface area (Å²) in [5.74, 6) is 0.0907. The molecule has 0 radical (unpaired) electrons. The Labute approximate surface area is 117 Å². The van der Waals surface area contributed by atoms with Crippen LogP contribution in [-0.2, 0) is 21.2 Å². The molecule has 0 fully saturated rings. The number of hydrogen-bond acceptors (Lipinski definition) is 4. The number of amides is 1. The molecule has 1 aromatic carbocycles. The van der Waals surface area contributed by atoms with Gasteiger partial charge in [0, 0.05) is 0 Å². The van der Waals surface area contributed by atoms with Crippen LogP contribution in [0.3, 0.4) is 0 Å². The minimum absolute atomic E-state index is 0.252. The molecule has 6 heteroatoms. The van der Waals surface area contributed by atoms with Crippen LogP contribution in [0.25, 0.3) is 0 Å². The molecule has 1 aliphatic rings. The van der Waals surface area contributed by atoms with Gasteiger partial charge in [-0.05, 0) is 23.3 Å². The second-order valence-electron chi connectivity index (χ2n) is 4.24. The highest BCUT2D eigenvalue weighted by Gasteiger charge is 2.29. The molecule has 1 N–H and O–H groups in total. The standard InChI is InChI=1S/C13H15NO3S2/c1-2-9-19(16,17)14-13(15)12-11-6-4-3-5-10(11)7-8-18-12/h2-6,12H,1,7-9H2,(H,14,15)/t12-/m0/s1. The van der Waals surface area contributed by atoms with E-state index in [1.54, 1.807) is 0 Å². The average Bonchev–Trinajstić information content (AvgIpc) is 2.37. The summed E-state index contributed by atoms with van der Waals surface area (Å²) in [6, 6.07) is 7.65. The predicted octanol–water partition coefficient (Wildman–Crippen LogP) is 1.65.